The summed E-state index contributed by atoms with van der Waals surface area (Å²) < 4.78 is 37.1. The summed E-state index contributed by atoms with van der Waals surface area (Å²) >= 11 is 3.97. The summed E-state index contributed by atoms with van der Waals surface area (Å²) in [5.41, 5.74) is 1.63. The third-order valence-electron chi connectivity index (χ3n) is 5.48. The van der Waals surface area contributed by atoms with Crippen LogP contribution in [-0.2, 0) is 41.3 Å². The molecule has 0 aliphatic carbocycles. The predicted molar refractivity (Wildman–Crippen MR) is 135 cm³/mol. The smallest absolute Gasteiger partial charge is 0.347 e. The number of amides is 1. The highest BCUT2D eigenvalue weighted by molar-refractivity contribution is 7.78. The molecule has 186 valence electrons. The Kier molecular flexibility index (Phi) is 8.09. The minimum atomic E-state index is -2.02. The summed E-state index contributed by atoms with van der Waals surface area (Å²) in [6, 6.07) is 19.8. The Bertz CT molecular complexity index is 1470. The van der Waals surface area contributed by atoms with Gasteiger partial charge in [0.15, 0.2) is 16.9 Å². The van der Waals surface area contributed by atoms with Gasteiger partial charge in [-0.05, 0) is 41.5 Å². The average Bonchev–Trinajstić information content (AvgIpc) is 3.15. The number of carbonyl (C=O) groups is 1. The fourth-order valence-electron chi connectivity index (χ4n) is 3.69. The molecule has 0 saturated heterocycles. The molecule has 4 aromatic rings. The number of benzene rings is 3. The number of rotatable bonds is 9. The SMILES string of the molecule is O=C(Cn1nc(-c2ccc(Cl)cc2)n(Cc2ccccc2F)c1=O)NCc1ccccc1CS(=O)O. The maximum atomic E-state index is 14.3. The van der Waals surface area contributed by atoms with Crippen molar-refractivity contribution in [2.45, 2.75) is 25.4 Å². The number of hydrogen-bond donors (Lipinski definition) is 2. The van der Waals surface area contributed by atoms with Crippen molar-refractivity contribution in [2.24, 2.45) is 0 Å². The lowest BCUT2D eigenvalue weighted by atomic mass is 10.1. The third kappa shape index (κ3) is 6.14. The van der Waals surface area contributed by atoms with Crippen molar-refractivity contribution in [3.05, 3.63) is 111 Å². The molecule has 2 N–H and O–H groups in total. The van der Waals surface area contributed by atoms with E-state index in [2.05, 4.69) is 10.4 Å². The molecule has 1 aromatic heterocycles. The molecule has 8 nitrogen and oxygen atoms in total. The second-order valence-corrected chi connectivity index (χ2v) is 9.33. The van der Waals surface area contributed by atoms with Crippen LogP contribution in [0.4, 0.5) is 4.39 Å². The average molecular weight is 529 g/mol. The van der Waals surface area contributed by atoms with Crippen molar-refractivity contribution in [2.75, 3.05) is 0 Å². The van der Waals surface area contributed by atoms with Crippen molar-refractivity contribution in [1.29, 1.82) is 0 Å². The van der Waals surface area contributed by atoms with Gasteiger partial charge in [0.05, 0.1) is 12.3 Å². The minimum absolute atomic E-state index is 0.0591. The van der Waals surface area contributed by atoms with E-state index in [0.29, 0.717) is 27.3 Å². The summed E-state index contributed by atoms with van der Waals surface area (Å²) in [5, 5.41) is 7.58. The summed E-state index contributed by atoms with van der Waals surface area (Å²) in [6.07, 6.45) is 0. The Morgan fingerprint density at radius 2 is 1.64 bits per heavy atom. The minimum Gasteiger partial charge on any atom is -0.350 e. The fourth-order valence-corrected chi connectivity index (χ4v) is 4.36. The number of aromatic nitrogens is 3. The molecule has 1 unspecified atom stereocenters. The van der Waals surface area contributed by atoms with Crippen LogP contribution in [0.1, 0.15) is 16.7 Å². The molecular weight excluding hydrogens is 507 g/mol. The monoisotopic (exact) mass is 528 g/mol. The zero-order chi connectivity index (χ0) is 25.7. The number of hydrogen-bond acceptors (Lipinski definition) is 4. The van der Waals surface area contributed by atoms with Crippen LogP contribution in [0.5, 0.6) is 0 Å². The zero-order valence-corrected chi connectivity index (χ0v) is 20.5. The van der Waals surface area contributed by atoms with Gasteiger partial charge >= 0.3 is 5.69 Å². The van der Waals surface area contributed by atoms with Crippen LogP contribution in [0.3, 0.4) is 0 Å². The van der Waals surface area contributed by atoms with E-state index < -0.39 is 28.5 Å². The van der Waals surface area contributed by atoms with E-state index >= 15 is 0 Å². The number of nitrogens with one attached hydrogen (secondary N) is 1. The van der Waals surface area contributed by atoms with Gasteiger partial charge in [-0.3, -0.25) is 9.36 Å². The van der Waals surface area contributed by atoms with E-state index in [4.69, 9.17) is 11.6 Å². The first kappa shape index (κ1) is 25.5. The molecule has 1 heterocycles. The van der Waals surface area contributed by atoms with Gasteiger partial charge in [0.1, 0.15) is 12.4 Å². The summed E-state index contributed by atoms with van der Waals surface area (Å²) in [5.74, 6) is -0.728. The van der Waals surface area contributed by atoms with Crippen molar-refractivity contribution in [1.82, 2.24) is 19.7 Å². The van der Waals surface area contributed by atoms with Gasteiger partial charge in [-0.15, -0.1) is 5.10 Å². The lowest BCUT2D eigenvalue weighted by molar-refractivity contribution is -0.122. The van der Waals surface area contributed by atoms with Crippen molar-refractivity contribution < 1.29 is 17.9 Å². The highest BCUT2D eigenvalue weighted by Gasteiger charge is 2.19. The fraction of sp³-hybridized carbons (Fsp3) is 0.160. The second kappa shape index (κ2) is 11.4. The van der Waals surface area contributed by atoms with Gasteiger partial charge in [0.25, 0.3) is 0 Å². The molecule has 0 radical (unpaired) electrons. The molecule has 0 saturated carbocycles. The lowest BCUT2D eigenvalue weighted by Gasteiger charge is -2.09. The standard InChI is InChI=1S/C25H22ClFN4O4S/c26-21-11-9-17(10-12-21)24-29-31(25(33)30(24)14-19-6-3-4-8-22(19)27)15-23(32)28-13-18-5-1-2-7-20(18)16-36(34)35/h1-12H,13-16H2,(H,28,32)(H,34,35). The highest BCUT2D eigenvalue weighted by Crippen LogP contribution is 2.20. The Morgan fingerprint density at radius 1 is 1.00 bits per heavy atom. The van der Waals surface area contributed by atoms with E-state index in [-0.39, 0.29) is 31.2 Å². The summed E-state index contributed by atoms with van der Waals surface area (Å²) in [7, 11) is 0. The maximum Gasteiger partial charge on any atom is 0.347 e. The quantitative estimate of drug-likeness (QED) is 0.323. The Hall–Kier alpha value is -3.60. The van der Waals surface area contributed by atoms with Gasteiger partial charge in [-0.25, -0.2) is 18.1 Å². The molecule has 11 heteroatoms. The van der Waals surface area contributed by atoms with Crippen LogP contribution < -0.4 is 11.0 Å². The topological polar surface area (TPSA) is 106 Å². The largest absolute Gasteiger partial charge is 0.350 e. The van der Waals surface area contributed by atoms with Gasteiger partial charge in [-0.2, -0.15) is 0 Å². The molecule has 3 aromatic carbocycles. The number of halogens is 2. The molecule has 1 atom stereocenters. The first-order valence-electron chi connectivity index (χ1n) is 10.9. The van der Waals surface area contributed by atoms with Crippen LogP contribution in [-0.4, -0.2) is 29.0 Å². The normalized spacial score (nSPS) is 11.9. The van der Waals surface area contributed by atoms with Gasteiger partial charge in [-0.1, -0.05) is 54.1 Å². The molecule has 0 aliphatic rings. The van der Waals surface area contributed by atoms with Gasteiger partial charge in [0.2, 0.25) is 5.91 Å². The molecule has 0 spiro atoms. The van der Waals surface area contributed by atoms with Gasteiger partial charge in [0, 0.05) is 22.7 Å². The van der Waals surface area contributed by atoms with Crippen molar-refractivity contribution in [3.8, 4) is 11.4 Å². The first-order valence-corrected chi connectivity index (χ1v) is 12.5. The van der Waals surface area contributed by atoms with Crippen LogP contribution in [0.15, 0.2) is 77.6 Å². The summed E-state index contributed by atoms with van der Waals surface area (Å²) in [6.45, 7) is -0.324. The van der Waals surface area contributed by atoms with Crippen molar-refractivity contribution in [3.63, 3.8) is 0 Å². The van der Waals surface area contributed by atoms with E-state index in [1.165, 1.54) is 10.6 Å². The first-order chi connectivity index (χ1) is 17.3. The number of nitrogens with zero attached hydrogens (tertiary/aromatic N) is 3. The zero-order valence-electron chi connectivity index (χ0n) is 18.9. The van der Waals surface area contributed by atoms with Crippen LogP contribution in [0.25, 0.3) is 11.4 Å². The molecule has 0 bridgehead atoms. The highest BCUT2D eigenvalue weighted by atomic mass is 35.5. The van der Waals surface area contributed by atoms with E-state index in [9.17, 15) is 22.7 Å². The maximum absolute atomic E-state index is 14.3. The van der Waals surface area contributed by atoms with Gasteiger partial charge < -0.3 is 9.87 Å². The molecular formula is C25H22ClFN4O4S. The van der Waals surface area contributed by atoms with Crippen LogP contribution in [0, 0.1) is 5.82 Å². The van der Waals surface area contributed by atoms with Crippen molar-refractivity contribution >= 4 is 28.6 Å². The molecule has 0 fully saturated rings. The predicted octanol–water partition coefficient (Wildman–Crippen LogP) is 3.59. The molecule has 4 rings (SSSR count). The van der Waals surface area contributed by atoms with E-state index in [0.717, 1.165) is 4.68 Å². The summed E-state index contributed by atoms with van der Waals surface area (Å²) in [4.78, 5) is 25.9. The molecule has 1 amide bonds. The van der Waals surface area contributed by atoms with Crippen LogP contribution in [0.2, 0.25) is 5.02 Å². The molecule has 0 aliphatic heterocycles. The third-order valence-corrected chi connectivity index (χ3v) is 6.29. The second-order valence-electron chi connectivity index (χ2n) is 7.96. The van der Waals surface area contributed by atoms with Crippen LogP contribution >= 0.6 is 11.6 Å². The Balaban J connectivity index is 1.58. The Labute approximate surface area is 213 Å². The van der Waals surface area contributed by atoms with E-state index in [1.807, 2.05) is 0 Å². The molecule has 36 heavy (non-hydrogen) atoms. The van der Waals surface area contributed by atoms with E-state index in [1.54, 1.807) is 66.7 Å². The number of carbonyl (C=O) groups excluding carboxylic acids is 1. The lowest BCUT2D eigenvalue weighted by Crippen LogP contribution is -2.33. The Morgan fingerprint density at radius 3 is 2.31 bits per heavy atom.